The predicted molar refractivity (Wildman–Crippen MR) is 149 cm³/mol. The first-order valence-corrected chi connectivity index (χ1v) is 14.7. The fraction of sp³-hybridized carbons (Fsp3) is 0.581. The number of hydrogen-bond donors (Lipinski definition) is 1. The Balaban J connectivity index is 1.29. The summed E-state index contributed by atoms with van der Waals surface area (Å²) in [5.41, 5.74) is 3.78. The quantitative estimate of drug-likeness (QED) is 0.380. The molecule has 0 spiro atoms. The van der Waals surface area contributed by atoms with Gasteiger partial charge < -0.3 is 14.8 Å². The lowest BCUT2D eigenvalue weighted by atomic mass is 9.43. The number of carbonyl (C=O) groups excluding carboxylic acids is 3. The number of benzene rings is 1. The van der Waals surface area contributed by atoms with E-state index in [-0.39, 0.29) is 30.5 Å². The summed E-state index contributed by atoms with van der Waals surface area (Å²) in [5, 5.41) is 3.24. The molecule has 6 nitrogen and oxygen atoms in total. The highest BCUT2D eigenvalue weighted by atomic mass is 32.1. The van der Waals surface area contributed by atoms with E-state index < -0.39 is 17.3 Å². The zero-order chi connectivity index (χ0) is 27.2. The van der Waals surface area contributed by atoms with Crippen molar-refractivity contribution in [3.05, 3.63) is 51.4 Å². The Morgan fingerprint density at radius 3 is 2.37 bits per heavy atom. The van der Waals surface area contributed by atoms with Gasteiger partial charge in [0.2, 0.25) is 0 Å². The van der Waals surface area contributed by atoms with Crippen molar-refractivity contribution in [2.75, 3.05) is 18.5 Å². The lowest BCUT2D eigenvalue weighted by Crippen LogP contribution is -2.57. The van der Waals surface area contributed by atoms with Gasteiger partial charge >= 0.3 is 11.9 Å². The molecular formula is C31H39NO5S. The molecule has 0 unspecified atom stereocenters. The summed E-state index contributed by atoms with van der Waals surface area (Å²) < 4.78 is 10.9. The van der Waals surface area contributed by atoms with E-state index in [9.17, 15) is 14.4 Å². The summed E-state index contributed by atoms with van der Waals surface area (Å²) in [6, 6.07) is 8.56. The zero-order valence-electron chi connectivity index (χ0n) is 23.1. The van der Waals surface area contributed by atoms with Crippen LogP contribution in [0.4, 0.5) is 5.00 Å². The third-order valence-electron chi connectivity index (χ3n) is 9.02. The highest BCUT2D eigenvalue weighted by Crippen LogP contribution is 2.66. The molecule has 4 aliphatic carbocycles. The van der Waals surface area contributed by atoms with Crippen LogP contribution in [0.5, 0.6) is 0 Å². The molecule has 4 saturated carbocycles. The molecule has 4 fully saturated rings. The second-order valence-electron chi connectivity index (χ2n) is 12.2. The number of nitrogens with one attached hydrogen (secondary N) is 1. The standard InChI is InChI=1S/C31H39NO5S/c1-6-36-28(34)24-11-25(18(2)3)38-27(24)32-26(33)16-37-29(35)31-14-21-10-22(15-31)13-30(12-21,17-31)23-8-7-19(4)20(5)9-23/h7-9,11,18,21-22H,6,10,12-17H2,1-5H3,(H,32,33)/t21-,22-,30?,31?/m1/s1. The van der Waals surface area contributed by atoms with Crippen molar-refractivity contribution in [2.24, 2.45) is 17.3 Å². The van der Waals surface area contributed by atoms with Crippen LogP contribution in [0.3, 0.4) is 0 Å². The Morgan fingerprint density at radius 1 is 1.03 bits per heavy atom. The molecule has 0 radical (unpaired) electrons. The molecule has 0 aliphatic heterocycles. The van der Waals surface area contributed by atoms with E-state index in [0.717, 1.165) is 37.0 Å². The molecule has 1 aromatic carbocycles. The van der Waals surface area contributed by atoms with E-state index in [1.54, 1.807) is 13.0 Å². The molecule has 1 aromatic heterocycles. The van der Waals surface area contributed by atoms with E-state index in [1.165, 1.54) is 34.4 Å². The molecule has 1 heterocycles. The Kier molecular flexibility index (Phi) is 7.18. The number of ether oxygens (including phenoxy) is 2. The number of hydrogen-bond acceptors (Lipinski definition) is 6. The van der Waals surface area contributed by atoms with Gasteiger partial charge in [-0.3, -0.25) is 9.59 Å². The summed E-state index contributed by atoms with van der Waals surface area (Å²) in [6.45, 7) is 10.0. The van der Waals surface area contributed by atoms with Crippen molar-refractivity contribution < 1.29 is 23.9 Å². The van der Waals surface area contributed by atoms with Crippen molar-refractivity contribution >= 4 is 34.2 Å². The third kappa shape index (κ3) is 4.90. The van der Waals surface area contributed by atoms with Crippen molar-refractivity contribution in [2.45, 2.75) is 84.5 Å². The van der Waals surface area contributed by atoms with Crippen LogP contribution in [0.1, 0.15) is 97.1 Å². The molecule has 4 aliphatic rings. The first kappa shape index (κ1) is 26.9. The van der Waals surface area contributed by atoms with Crippen molar-refractivity contribution in [1.29, 1.82) is 0 Å². The maximum atomic E-state index is 13.6. The summed E-state index contributed by atoms with van der Waals surface area (Å²) in [4.78, 5) is 39.9. The van der Waals surface area contributed by atoms with Gasteiger partial charge in [0.25, 0.3) is 5.91 Å². The minimum atomic E-state index is -0.521. The van der Waals surface area contributed by atoms with Crippen molar-refractivity contribution in [1.82, 2.24) is 0 Å². The van der Waals surface area contributed by atoms with Crippen LogP contribution in [-0.4, -0.2) is 31.1 Å². The topological polar surface area (TPSA) is 81.7 Å². The lowest BCUT2D eigenvalue weighted by molar-refractivity contribution is -0.175. The van der Waals surface area contributed by atoms with E-state index in [2.05, 4.69) is 37.4 Å². The number of thiophene rings is 1. The molecule has 2 atom stereocenters. The van der Waals surface area contributed by atoms with Crippen LogP contribution < -0.4 is 5.32 Å². The van der Waals surface area contributed by atoms with Gasteiger partial charge in [0.05, 0.1) is 17.6 Å². The van der Waals surface area contributed by atoms with Gasteiger partial charge in [-0.25, -0.2) is 4.79 Å². The maximum Gasteiger partial charge on any atom is 0.341 e. The molecule has 204 valence electrons. The minimum absolute atomic E-state index is 0.0164. The Morgan fingerprint density at radius 2 is 1.74 bits per heavy atom. The number of amides is 1. The molecule has 6 rings (SSSR count). The molecule has 38 heavy (non-hydrogen) atoms. The fourth-order valence-corrected chi connectivity index (χ4v) is 8.57. The summed E-state index contributed by atoms with van der Waals surface area (Å²) in [5.74, 6) is 0.105. The molecule has 7 heteroatoms. The largest absolute Gasteiger partial charge is 0.462 e. The molecule has 0 saturated heterocycles. The van der Waals surface area contributed by atoms with Gasteiger partial charge in [-0.2, -0.15) is 0 Å². The lowest BCUT2D eigenvalue weighted by Gasteiger charge is -2.61. The second kappa shape index (κ2) is 10.1. The number of aryl methyl sites for hydroxylation is 2. The van der Waals surface area contributed by atoms with Crippen LogP contribution in [0.2, 0.25) is 0 Å². The Labute approximate surface area is 229 Å². The maximum absolute atomic E-state index is 13.6. The van der Waals surface area contributed by atoms with Crippen LogP contribution in [-0.2, 0) is 24.5 Å². The van der Waals surface area contributed by atoms with Crippen LogP contribution in [0, 0.1) is 31.1 Å². The first-order chi connectivity index (χ1) is 18.0. The average molecular weight is 538 g/mol. The Hall–Kier alpha value is -2.67. The zero-order valence-corrected chi connectivity index (χ0v) is 24.0. The van der Waals surface area contributed by atoms with Gasteiger partial charge in [0.15, 0.2) is 6.61 Å². The Bertz CT molecular complexity index is 1250. The van der Waals surface area contributed by atoms with E-state index in [4.69, 9.17) is 9.47 Å². The van der Waals surface area contributed by atoms with Crippen molar-refractivity contribution in [3.63, 3.8) is 0 Å². The van der Waals surface area contributed by atoms with Crippen LogP contribution >= 0.6 is 11.3 Å². The van der Waals surface area contributed by atoms with Gasteiger partial charge in [0, 0.05) is 4.88 Å². The van der Waals surface area contributed by atoms with Crippen molar-refractivity contribution in [3.8, 4) is 0 Å². The number of carbonyl (C=O) groups is 3. The summed E-state index contributed by atoms with van der Waals surface area (Å²) in [7, 11) is 0. The van der Waals surface area contributed by atoms with Crippen LogP contribution in [0.25, 0.3) is 0 Å². The van der Waals surface area contributed by atoms with E-state index >= 15 is 0 Å². The number of rotatable bonds is 8. The SMILES string of the molecule is CCOC(=O)c1cc(C(C)C)sc1NC(=O)COC(=O)C12C[C@@H]3C[C@@H](C1)CC(c1ccc(C)c(C)c1)(C3)C2. The smallest absolute Gasteiger partial charge is 0.341 e. The molecule has 1 amide bonds. The number of anilines is 1. The molecular weight excluding hydrogens is 498 g/mol. The fourth-order valence-electron chi connectivity index (χ4n) is 7.51. The third-order valence-corrected chi connectivity index (χ3v) is 10.4. The average Bonchev–Trinajstić information content (AvgIpc) is 3.27. The molecule has 1 N–H and O–H groups in total. The van der Waals surface area contributed by atoms with Crippen LogP contribution in [0.15, 0.2) is 24.3 Å². The van der Waals surface area contributed by atoms with E-state index in [1.807, 2.05) is 13.8 Å². The van der Waals surface area contributed by atoms with Gasteiger partial charge in [-0.1, -0.05) is 32.0 Å². The summed E-state index contributed by atoms with van der Waals surface area (Å²) >= 11 is 1.36. The predicted octanol–water partition coefficient (Wildman–Crippen LogP) is 6.68. The number of esters is 2. The minimum Gasteiger partial charge on any atom is -0.462 e. The van der Waals surface area contributed by atoms with Gasteiger partial charge in [0.1, 0.15) is 5.00 Å². The highest BCUT2D eigenvalue weighted by molar-refractivity contribution is 7.16. The second-order valence-corrected chi connectivity index (χ2v) is 13.3. The summed E-state index contributed by atoms with van der Waals surface area (Å²) in [6.07, 6.45) is 5.96. The van der Waals surface area contributed by atoms with Gasteiger partial charge in [-0.15, -0.1) is 11.3 Å². The normalized spacial score (nSPS) is 27.4. The monoisotopic (exact) mass is 537 g/mol. The first-order valence-electron chi connectivity index (χ1n) is 13.9. The molecule has 2 aromatic rings. The van der Waals surface area contributed by atoms with Gasteiger partial charge in [-0.05, 0) is 105 Å². The molecule has 4 bridgehead atoms. The highest BCUT2D eigenvalue weighted by Gasteiger charge is 2.61. The van der Waals surface area contributed by atoms with E-state index in [0.29, 0.717) is 22.4 Å².